The van der Waals surface area contributed by atoms with Gasteiger partial charge in [0.25, 0.3) is 11.7 Å². The predicted molar refractivity (Wildman–Crippen MR) is 78.4 cm³/mol. The van der Waals surface area contributed by atoms with E-state index >= 15 is 0 Å². The first kappa shape index (κ1) is 14.4. The Hall–Kier alpha value is -2.51. The zero-order valence-corrected chi connectivity index (χ0v) is 12.6. The van der Waals surface area contributed by atoms with Crippen LogP contribution in [0, 0.1) is 13.8 Å². The molecule has 2 N–H and O–H groups in total. The van der Waals surface area contributed by atoms with Crippen LogP contribution in [0.15, 0.2) is 6.07 Å². The molecule has 0 aliphatic carbocycles. The second-order valence-electron chi connectivity index (χ2n) is 5.50. The summed E-state index contributed by atoms with van der Waals surface area (Å²) in [6.45, 7) is 4.38. The lowest BCUT2D eigenvalue weighted by molar-refractivity contribution is -0.122. The highest BCUT2D eigenvalue weighted by molar-refractivity contribution is 5.95. The summed E-state index contributed by atoms with van der Waals surface area (Å²) >= 11 is 0. The van der Waals surface area contributed by atoms with Crippen LogP contribution in [0.4, 0.5) is 0 Å². The molecule has 0 bridgehead atoms. The highest BCUT2D eigenvalue weighted by Gasteiger charge is 2.25. The van der Waals surface area contributed by atoms with Gasteiger partial charge in [-0.05, 0) is 39.2 Å². The van der Waals surface area contributed by atoms with Crippen molar-refractivity contribution in [3.63, 3.8) is 0 Å². The van der Waals surface area contributed by atoms with E-state index in [0.717, 1.165) is 24.2 Å². The van der Waals surface area contributed by atoms with E-state index in [-0.39, 0.29) is 11.7 Å². The summed E-state index contributed by atoms with van der Waals surface area (Å²) in [5.41, 5.74) is 1.66. The van der Waals surface area contributed by atoms with Gasteiger partial charge in [0.05, 0.1) is 0 Å². The number of nitrogens with one attached hydrogen (secondary N) is 2. The molecule has 1 atom stereocenters. The van der Waals surface area contributed by atoms with E-state index in [1.165, 1.54) is 4.52 Å². The van der Waals surface area contributed by atoms with Gasteiger partial charge in [-0.15, -0.1) is 5.10 Å². The van der Waals surface area contributed by atoms with Crippen molar-refractivity contribution < 1.29 is 9.59 Å². The normalized spacial score (nSPS) is 18.8. The van der Waals surface area contributed by atoms with Crippen LogP contribution in [0.25, 0.3) is 5.78 Å². The average Bonchev–Trinajstić information content (AvgIpc) is 2.79. The molecule has 0 unspecified atom stereocenters. The number of nitrogens with zero attached hydrogens (tertiary/aromatic N) is 4. The Labute approximate surface area is 127 Å². The van der Waals surface area contributed by atoms with E-state index in [0.29, 0.717) is 18.7 Å². The second kappa shape index (κ2) is 5.70. The monoisotopic (exact) mass is 302 g/mol. The molecule has 22 heavy (non-hydrogen) atoms. The van der Waals surface area contributed by atoms with E-state index in [9.17, 15) is 9.59 Å². The molecule has 0 spiro atoms. The molecule has 3 heterocycles. The van der Waals surface area contributed by atoms with Crippen LogP contribution in [0.2, 0.25) is 0 Å². The smallest absolute Gasteiger partial charge is 0.291 e. The summed E-state index contributed by atoms with van der Waals surface area (Å²) < 4.78 is 1.52. The number of aryl methyl sites for hydroxylation is 2. The maximum absolute atomic E-state index is 12.3. The maximum atomic E-state index is 12.3. The predicted octanol–water partition coefficient (Wildman–Crippen LogP) is 0.140. The Kier molecular flexibility index (Phi) is 3.74. The third-order valence-electron chi connectivity index (χ3n) is 3.66. The summed E-state index contributed by atoms with van der Waals surface area (Å²) in [5, 5.41) is 9.65. The molecule has 0 aromatic carbocycles. The molecule has 116 valence electrons. The second-order valence-corrected chi connectivity index (χ2v) is 5.50. The number of rotatable bonds is 2. The highest BCUT2D eigenvalue weighted by Crippen LogP contribution is 2.08. The molecule has 2 aromatic heterocycles. The Morgan fingerprint density at radius 1 is 1.36 bits per heavy atom. The Bertz CT molecular complexity index is 738. The molecule has 0 saturated carbocycles. The molecule has 1 saturated heterocycles. The molecule has 1 fully saturated rings. The van der Waals surface area contributed by atoms with Crippen molar-refractivity contribution in [2.75, 3.05) is 6.54 Å². The number of amides is 2. The highest BCUT2D eigenvalue weighted by atomic mass is 16.2. The SMILES string of the molecule is Cc1cc(C)n2nc(C(=O)N[C@H]3CCCCNC3=O)nc2n1. The molecule has 2 aromatic rings. The van der Waals surface area contributed by atoms with Crippen LogP contribution >= 0.6 is 0 Å². The Morgan fingerprint density at radius 3 is 3.00 bits per heavy atom. The van der Waals surface area contributed by atoms with Crippen molar-refractivity contribution in [1.29, 1.82) is 0 Å². The average molecular weight is 302 g/mol. The molecule has 3 rings (SSSR count). The number of fused-ring (bicyclic) bond motifs is 1. The molecule has 2 amide bonds. The van der Waals surface area contributed by atoms with Gasteiger partial charge in [-0.1, -0.05) is 0 Å². The molecule has 1 aliphatic heterocycles. The Balaban J connectivity index is 1.82. The summed E-state index contributed by atoms with van der Waals surface area (Å²) in [4.78, 5) is 32.5. The minimum atomic E-state index is -0.530. The quantitative estimate of drug-likeness (QED) is 0.821. The van der Waals surface area contributed by atoms with Gasteiger partial charge in [-0.25, -0.2) is 9.50 Å². The third kappa shape index (κ3) is 2.76. The van der Waals surface area contributed by atoms with Gasteiger partial charge in [-0.3, -0.25) is 9.59 Å². The summed E-state index contributed by atoms with van der Waals surface area (Å²) in [6.07, 6.45) is 2.44. The number of hydrogen-bond acceptors (Lipinski definition) is 5. The standard InChI is InChI=1S/C14H18N6O2/c1-8-7-9(2)20-14(16-8)18-11(19-20)13(22)17-10-5-3-4-6-15-12(10)21/h7,10H,3-6H2,1-2H3,(H,15,21)(H,17,22)/t10-/m0/s1. The van der Waals surface area contributed by atoms with E-state index < -0.39 is 11.9 Å². The van der Waals surface area contributed by atoms with Crippen molar-refractivity contribution in [1.82, 2.24) is 30.2 Å². The molecule has 8 nitrogen and oxygen atoms in total. The lowest BCUT2D eigenvalue weighted by Gasteiger charge is -2.13. The van der Waals surface area contributed by atoms with Crippen LogP contribution in [0.1, 0.15) is 41.3 Å². The van der Waals surface area contributed by atoms with Gasteiger partial charge in [0.15, 0.2) is 0 Å². The minimum absolute atomic E-state index is 0.0262. The maximum Gasteiger partial charge on any atom is 0.291 e. The summed E-state index contributed by atoms with van der Waals surface area (Å²) in [6, 6.07) is 1.33. The summed E-state index contributed by atoms with van der Waals surface area (Å²) in [5.74, 6) is -0.199. The number of carbonyl (C=O) groups excluding carboxylic acids is 2. The zero-order valence-electron chi connectivity index (χ0n) is 12.6. The van der Waals surface area contributed by atoms with E-state index in [1.54, 1.807) is 0 Å². The number of carbonyl (C=O) groups is 2. The molecule has 1 aliphatic rings. The van der Waals surface area contributed by atoms with Crippen molar-refractivity contribution in [3.8, 4) is 0 Å². The van der Waals surface area contributed by atoms with Crippen LogP contribution in [-0.4, -0.2) is 44.0 Å². The van der Waals surface area contributed by atoms with Gasteiger partial charge >= 0.3 is 0 Å². The topological polar surface area (TPSA) is 101 Å². The van der Waals surface area contributed by atoms with Crippen molar-refractivity contribution in [2.45, 2.75) is 39.2 Å². The third-order valence-corrected chi connectivity index (χ3v) is 3.66. The molecular formula is C14H18N6O2. The first-order valence-corrected chi connectivity index (χ1v) is 7.34. The number of hydrogen-bond donors (Lipinski definition) is 2. The van der Waals surface area contributed by atoms with Gasteiger partial charge in [0, 0.05) is 17.9 Å². The van der Waals surface area contributed by atoms with E-state index in [1.807, 2.05) is 19.9 Å². The fourth-order valence-corrected chi connectivity index (χ4v) is 2.56. The lowest BCUT2D eigenvalue weighted by atomic mass is 10.1. The van der Waals surface area contributed by atoms with Gasteiger partial charge < -0.3 is 10.6 Å². The van der Waals surface area contributed by atoms with Crippen molar-refractivity contribution in [2.24, 2.45) is 0 Å². The van der Waals surface area contributed by atoms with Crippen molar-refractivity contribution in [3.05, 3.63) is 23.3 Å². The Morgan fingerprint density at radius 2 is 2.18 bits per heavy atom. The van der Waals surface area contributed by atoms with Gasteiger partial charge in [0.1, 0.15) is 6.04 Å². The molecule has 0 radical (unpaired) electrons. The fraction of sp³-hybridized carbons (Fsp3) is 0.500. The number of aromatic nitrogens is 4. The van der Waals surface area contributed by atoms with Crippen LogP contribution < -0.4 is 10.6 Å². The summed E-state index contributed by atoms with van der Waals surface area (Å²) in [7, 11) is 0. The van der Waals surface area contributed by atoms with Gasteiger partial charge in [-0.2, -0.15) is 4.98 Å². The van der Waals surface area contributed by atoms with Crippen molar-refractivity contribution >= 4 is 17.6 Å². The van der Waals surface area contributed by atoms with E-state index in [4.69, 9.17) is 0 Å². The largest absolute Gasteiger partial charge is 0.354 e. The van der Waals surface area contributed by atoms with E-state index in [2.05, 4.69) is 25.7 Å². The van der Waals surface area contributed by atoms with Gasteiger partial charge in [0.2, 0.25) is 11.7 Å². The lowest BCUT2D eigenvalue weighted by Crippen LogP contribution is -2.45. The van der Waals surface area contributed by atoms with Crippen LogP contribution in [0.3, 0.4) is 0 Å². The zero-order chi connectivity index (χ0) is 15.7. The first-order chi connectivity index (χ1) is 10.5. The van der Waals surface area contributed by atoms with Crippen LogP contribution in [0.5, 0.6) is 0 Å². The first-order valence-electron chi connectivity index (χ1n) is 7.34. The minimum Gasteiger partial charge on any atom is -0.354 e. The van der Waals surface area contributed by atoms with Crippen LogP contribution in [-0.2, 0) is 4.79 Å². The molecular weight excluding hydrogens is 284 g/mol. The molecule has 8 heteroatoms. The fourth-order valence-electron chi connectivity index (χ4n) is 2.56.